The highest BCUT2D eigenvalue weighted by atomic mass is 16.1. The highest BCUT2D eigenvalue weighted by Crippen LogP contribution is 2.10. The number of carbonyl (C=O) groups excluding carboxylic acids is 1. The summed E-state index contributed by atoms with van der Waals surface area (Å²) >= 11 is 0. The highest BCUT2D eigenvalue weighted by molar-refractivity contribution is 5.95. The van der Waals surface area contributed by atoms with Crippen LogP contribution in [0.25, 0.3) is 0 Å². The summed E-state index contributed by atoms with van der Waals surface area (Å²) in [6.07, 6.45) is 0.852. The average Bonchev–Trinajstić information content (AvgIpc) is 2.51. The van der Waals surface area contributed by atoms with Gasteiger partial charge in [0, 0.05) is 12.1 Å². The monoisotopic (exact) mass is 282 g/mol. The topological polar surface area (TPSA) is 41.1 Å². The first-order chi connectivity index (χ1) is 10.2. The molecule has 0 aliphatic rings. The van der Waals surface area contributed by atoms with E-state index in [-0.39, 0.29) is 5.91 Å². The van der Waals surface area contributed by atoms with Crippen molar-refractivity contribution < 1.29 is 4.79 Å². The summed E-state index contributed by atoms with van der Waals surface area (Å²) in [5.41, 5.74) is 4.17. The van der Waals surface area contributed by atoms with E-state index in [0.717, 1.165) is 29.7 Å². The van der Waals surface area contributed by atoms with Crippen LogP contribution in [0.5, 0.6) is 0 Å². The second kappa shape index (κ2) is 7.60. The molecule has 1 amide bonds. The van der Waals surface area contributed by atoms with Gasteiger partial charge in [-0.15, -0.1) is 0 Å². The van der Waals surface area contributed by atoms with Crippen LogP contribution in [-0.2, 0) is 13.0 Å². The molecule has 110 valence electrons. The zero-order valence-electron chi connectivity index (χ0n) is 12.6. The molecule has 0 unspecified atom stereocenters. The van der Waals surface area contributed by atoms with Crippen molar-refractivity contribution in [1.29, 1.82) is 0 Å². The van der Waals surface area contributed by atoms with Gasteiger partial charge in [0.1, 0.15) is 0 Å². The molecule has 0 spiro atoms. The first kappa shape index (κ1) is 15.3. The van der Waals surface area contributed by atoms with Gasteiger partial charge in [-0.1, -0.05) is 48.0 Å². The molecular formula is C18H22N2O. The molecule has 0 radical (unpaired) electrons. The number of hydrogen-bond acceptors (Lipinski definition) is 2. The van der Waals surface area contributed by atoms with Gasteiger partial charge in [-0.2, -0.15) is 0 Å². The second-order valence-corrected chi connectivity index (χ2v) is 5.18. The lowest BCUT2D eigenvalue weighted by molar-refractivity contribution is 0.0950. The second-order valence-electron chi connectivity index (χ2n) is 5.18. The molecule has 21 heavy (non-hydrogen) atoms. The summed E-state index contributed by atoms with van der Waals surface area (Å²) in [4.78, 5) is 12.4. The van der Waals surface area contributed by atoms with Crippen LogP contribution in [0.2, 0.25) is 0 Å². The number of likely N-dealkylation sites (N-methyl/N-ethyl adjacent to an activating group) is 1. The average molecular weight is 282 g/mol. The molecule has 2 rings (SSSR count). The first-order valence-electron chi connectivity index (χ1n) is 7.27. The summed E-state index contributed by atoms with van der Waals surface area (Å²) in [5, 5.41) is 6.11. The Bertz CT molecular complexity index is 608. The minimum atomic E-state index is -0.0109. The van der Waals surface area contributed by atoms with E-state index < -0.39 is 0 Å². The van der Waals surface area contributed by atoms with E-state index in [1.807, 2.05) is 43.4 Å². The van der Waals surface area contributed by atoms with E-state index >= 15 is 0 Å². The van der Waals surface area contributed by atoms with Crippen LogP contribution in [0.4, 0.5) is 0 Å². The molecule has 2 aromatic carbocycles. The summed E-state index contributed by atoms with van der Waals surface area (Å²) in [7, 11) is 1.92. The minimum Gasteiger partial charge on any atom is -0.348 e. The predicted molar refractivity (Wildman–Crippen MR) is 86.4 cm³/mol. The predicted octanol–water partition coefficient (Wildman–Crippen LogP) is 2.69. The number of amides is 1. The Morgan fingerprint density at radius 1 is 1.10 bits per heavy atom. The Morgan fingerprint density at radius 2 is 1.90 bits per heavy atom. The number of hydrogen-bond donors (Lipinski definition) is 2. The SMILES string of the molecule is CNCCc1ccccc1C(=O)NCc1cccc(C)c1. The third-order valence-electron chi connectivity index (χ3n) is 3.44. The van der Waals surface area contributed by atoms with Crippen LogP contribution in [0.1, 0.15) is 27.0 Å². The van der Waals surface area contributed by atoms with Crippen molar-refractivity contribution in [3.8, 4) is 0 Å². The molecule has 0 fully saturated rings. The molecule has 0 bridgehead atoms. The van der Waals surface area contributed by atoms with Crippen LogP contribution in [0.3, 0.4) is 0 Å². The van der Waals surface area contributed by atoms with Crippen molar-refractivity contribution in [3.05, 3.63) is 70.8 Å². The fourth-order valence-corrected chi connectivity index (χ4v) is 2.32. The molecule has 0 aliphatic carbocycles. The minimum absolute atomic E-state index is 0.0109. The van der Waals surface area contributed by atoms with Gasteiger partial charge in [-0.3, -0.25) is 4.79 Å². The lowest BCUT2D eigenvalue weighted by atomic mass is 10.0. The normalized spacial score (nSPS) is 10.4. The van der Waals surface area contributed by atoms with Gasteiger partial charge in [0.15, 0.2) is 0 Å². The summed E-state index contributed by atoms with van der Waals surface area (Å²) in [6.45, 7) is 3.47. The molecule has 2 N–H and O–H groups in total. The van der Waals surface area contributed by atoms with E-state index in [2.05, 4.69) is 29.7 Å². The highest BCUT2D eigenvalue weighted by Gasteiger charge is 2.10. The Kier molecular flexibility index (Phi) is 5.52. The molecule has 2 aromatic rings. The van der Waals surface area contributed by atoms with Crippen molar-refractivity contribution in [3.63, 3.8) is 0 Å². The maximum Gasteiger partial charge on any atom is 0.251 e. The largest absolute Gasteiger partial charge is 0.348 e. The molecule has 0 heterocycles. The fourth-order valence-electron chi connectivity index (χ4n) is 2.32. The maximum atomic E-state index is 12.4. The molecule has 3 heteroatoms. The van der Waals surface area contributed by atoms with Gasteiger partial charge >= 0.3 is 0 Å². The molecule has 0 atom stereocenters. The standard InChI is InChI=1S/C18H22N2O/c1-14-6-5-7-15(12-14)13-20-18(21)17-9-4-3-8-16(17)10-11-19-2/h3-9,12,19H,10-11,13H2,1-2H3,(H,20,21). The van der Waals surface area contributed by atoms with Gasteiger partial charge in [-0.25, -0.2) is 0 Å². The van der Waals surface area contributed by atoms with Crippen LogP contribution in [0, 0.1) is 6.92 Å². The molecular weight excluding hydrogens is 260 g/mol. The van der Waals surface area contributed by atoms with Crippen LogP contribution in [0.15, 0.2) is 48.5 Å². The number of nitrogens with one attached hydrogen (secondary N) is 2. The van der Waals surface area contributed by atoms with E-state index in [4.69, 9.17) is 0 Å². The Hall–Kier alpha value is -2.13. The Morgan fingerprint density at radius 3 is 2.67 bits per heavy atom. The third kappa shape index (κ3) is 4.43. The van der Waals surface area contributed by atoms with E-state index in [9.17, 15) is 4.79 Å². The van der Waals surface area contributed by atoms with Gasteiger partial charge in [-0.05, 0) is 44.1 Å². The molecule has 0 aliphatic heterocycles. The zero-order chi connectivity index (χ0) is 15.1. The third-order valence-corrected chi connectivity index (χ3v) is 3.44. The lowest BCUT2D eigenvalue weighted by Gasteiger charge is -2.10. The van der Waals surface area contributed by atoms with Crippen molar-refractivity contribution in [2.45, 2.75) is 19.9 Å². The zero-order valence-corrected chi connectivity index (χ0v) is 12.6. The first-order valence-corrected chi connectivity index (χ1v) is 7.27. The van der Waals surface area contributed by atoms with Crippen molar-refractivity contribution in [2.75, 3.05) is 13.6 Å². The smallest absolute Gasteiger partial charge is 0.251 e. The van der Waals surface area contributed by atoms with Gasteiger partial charge < -0.3 is 10.6 Å². The molecule has 0 saturated carbocycles. The van der Waals surface area contributed by atoms with Crippen LogP contribution in [-0.4, -0.2) is 19.5 Å². The molecule has 0 saturated heterocycles. The maximum absolute atomic E-state index is 12.4. The van der Waals surface area contributed by atoms with Gasteiger partial charge in [0.05, 0.1) is 0 Å². The molecule has 3 nitrogen and oxygen atoms in total. The Labute approximate surface area is 126 Å². The van der Waals surface area contributed by atoms with Crippen molar-refractivity contribution >= 4 is 5.91 Å². The van der Waals surface area contributed by atoms with E-state index in [1.165, 1.54) is 5.56 Å². The number of rotatable bonds is 6. The summed E-state index contributed by atoms with van der Waals surface area (Å²) in [6, 6.07) is 16.0. The van der Waals surface area contributed by atoms with Crippen LogP contribution >= 0.6 is 0 Å². The van der Waals surface area contributed by atoms with Gasteiger partial charge in [0.25, 0.3) is 5.91 Å². The Balaban J connectivity index is 2.03. The number of carbonyl (C=O) groups is 1. The van der Waals surface area contributed by atoms with Crippen molar-refractivity contribution in [2.24, 2.45) is 0 Å². The van der Waals surface area contributed by atoms with E-state index in [0.29, 0.717) is 6.54 Å². The summed E-state index contributed by atoms with van der Waals surface area (Å²) < 4.78 is 0. The number of aryl methyl sites for hydroxylation is 1. The summed E-state index contributed by atoms with van der Waals surface area (Å²) in [5.74, 6) is -0.0109. The number of benzene rings is 2. The van der Waals surface area contributed by atoms with Crippen molar-refractivity contribution in [1.82, 2.24) is 10.6 Å². The quantitative estimate of drug-likeness (QED) is 0.855. The lowest BCUT2D eigenvalue weighted by Crippen LogP contribution is -2.24. The molecule has 0 aromatic heterocycles. The van der Waals surface area contributed by atoms with Gasteiger partial charge in [0.2, 0.25) is 0 Å². The fraction of sp³-hybridized carbons (Fsp3) is 0.278. The van der Waals surface area contributed by atoms with Crippen LogP contribution < -0.4 is 10.6 Å². The van der Waals surface area contributed by atoms with E-state index in [1.54, 1.807) is 0 Å².